The van der Waals surface area contributed by atoms with Crippen LogP contribution in [0.5, 0.6) is 0 Å². The zero-order valence-electron chi connectivity index (χ0n) is 16.4. The van der Waals surface area contributed by atoms with E-state index in [1.54, 1.807) is 6.92 Å². The van der Waals surface area contributed by atoms with Crippen molar-refractivity contribution in [3.63, 3.8) is 0 Å². The van der Waals surface area contributed by atoms with E-state index in [-0.39, 0.29) is 19.8 Å². The van der Waals surface area contributed by atoms with Crippen molar-refractivity contribution >= 4 is 0 Å². The minimum absolute atomic E-state index is 0.140. The quantitative estimate of drug-likeness (QED) is 0.211. The van der Waals surface area contributed by atoms with E-state index in [2.05, 4.69) is 0 Å². The average molecular weight is 526 g/mol. The van der Waals surface area contributed by atoms with Crippen molar-refractivity contribution in [3.8, 4) is 0 Å². The zero-order chi connectivity index (χ0) is 26.4. The summed E-state index contributed by atoms with van der Waals surface area (Å²) in [5.41, 5.74) is -0.517. The molecular weight excluding hydrogens is 509 g/mol. The number of rotatable bonds is 12. The molecule has 0 spiro atoms. The SMILES string of the molecule is CCC1(COCCCC(F)(F)C(F)(F)C(F)(F)C(F)(F)C(F)(F)C(F)(F)C(F)(F)F)COC1. The Labute approximate surface area is 176 Å². The van der Waals surface area contributed by atoms with Crippen LogP contribution in [0, 0.1) is 5.41 Å². The topological polar surface area (TPSA) is 18.5 Å². The first-order chi connectivity index (χ1) is 14.5. The van der Waals surface area contributed by atoms with Gasteiger partial charge < -0.3 is 9.47 Å². The maximum atomic E-state index is 13.7. The van der Waals surface area contributed by atoms with Crippen molar-refractivity contribution in [2.24, 2.45) is 5.41 Å². The molecule has 1 heterocycles. The van der Waals surface area contributed by atoms with E-state index in [4.69, 9.17) is 9.47 Å². The molecule has 0 aromatic carbocycles. The van der Waals surface area contributed by atoms with Gasteiger partial charge in [0.05, 0.1) is 19.8 Å². The smallest absolute Gasteiger partial charge is 0.381 e. The summed E-state index contributed by atoms with van der Waals surface area (Å²) in [5, 5.41) is 0. The number of halogens is 15. The molecule has 0 saturated carbocycles. The van der Waals surface area contributed by atoms with Crippen molar-refractivity contribution in [1.82, 2.24) is 0 Å². The molecule has 0 atom stereocenters. The molecule has 17 heteroatoms. The first-order valence-electron chi connectivity index (χ1n) is 8.96. The van der Waals surface area contributed by atoms with Crippen molar-refractivity contribution in [2.75, 3.05) is 26.4 Å². The fourth-order valence-electron chi connectivity index (χ4n) is 2.62. The maximum Gasteiger partial charge on any atom is 0.460 e. The van der Waals surface area contributed by atoms with Crippen molar-refractivity contribution in [2.45, 2.75) is 67.9 Å². The fourth-order valence-corrected chi connectivity index (χ4v) is 2.62. The minimum atomic E-state index is -8.25. The fraction of sp³-hybridized carbons (Fsp3) is 1.00. The highest BCUT2D eigenvalue weighted by Crippen LogP contribution is 2.62. The van der Waals surface area contributed by atoms with Gasteiger partial charge in [0.1, 0.15) is 0 Å². The van der Waals surface area contributed by atoms with Crippen LogP contribution in [-0.4, -0.2) is 68.1 Å². The Bertz CT molecular complexity index is 662. The molecule has 1 aliphatic heterocycles. The Kier molecular flexibility index (Phi) is 8.00. The molecule has 0 aromatic heterocycles. The van der Waals surface area contributed by atoms with Gasteiger partial charge in [0.2, 0.25) is 0 Å². The highest BCUT2D eigenvalue weighted by atomic mass is 19.4. The zero-order valence-corrected chi connectivity index (χ0v) is 16.4. The predicted molar refractivity (Wildman–Crippen MR) is 79.3 cm³/mol. The molecule has 1 rings (SSSR count). The Morgan fingerprint density at radius 3 is 1.45 bits per heavy atom. The second kappa shape index (κ2) is 8.82. The number of alkyl halides is 15. The summed E-state index contributed by atoms with van der Waals surface area (Å²) >= 11 is 0. The highest BCUT2D eigenvalue weighted by Gasteiger charge is 2.93. The van der Waals surface area contributed by atoms with Crippen LogP contribution in [0.4, 0.5) is 65.9 Å². The second-order valence-electron chi connectivity index (χ2n) is 7.58. The Morgan fingerprint density at radius 1 is 0.667 bits per heavy atom. The lowest BCUT2D eigenvalue weighted by Gasteiger charge is -2.41. The van der Waals surface area contributed by atoms with Crippen LogP contribution in [0.15, 0.2) is 0 Å². The van der Waals surface area contributed by atoms with Crippen LogP contribution >= 0.6 is 0 Å². The van der Waals surface area contributed by atoms with E-state index >= 15 is 0 Å². The summed E-state index contributed by atoms with van der Waals surface area (Å²) in [5.74, 6) is -46.1. The molecule has 1 fully saturated rings. The Morgan fingerprint density at radius 2 is 1.09 bits per heavy atom. The first-order valence-corrected chi connectivity index (χ1v) is 8.96. The number of hydrogen-bond donors (Lipinski definition) is 0. The monoisotopic (exact) mass is 526 g/mol. The molecule has 1 saturated heterocycles. The van der Waals surface area contributed by atoms with Crippen LogP contribution in [0.3, 0.4) is 0 Å². The van der Waals surface area contributed by atoms with E-state index < -0.39 is 66.6 Å². The van der Waals surface area contributed by atoms with Crippen LogP contribution < -0.4 is 0 Å². The van der Waals surface area contributed by atoms with Gasteiger partial charge in [-0.1, -0.05) is 6.92 Å². The molecule has 0 radical (unpaired) electrons. The van der Waals surface area contributed by atoms with E-state index in [1.165, 1.54) is 0 Å². The van der Waals surface area contributed by atoms with Crippen molar-refractivity contribution < 1.29 is 75.3 Å². The lowest BCUT2D eigenvalue weighted by Crippen LogP contribution is -2.72. The molecule has 0 aliphatic carbocycles. The molecule has 33 heavy (non-hydrogen) atoms. The predicted octanol–water partition coefficient (Wildman–Crippen LogP) is 6.58. The summed E-state index contributed by atoms with van der Waals surface area (Å²) in [6.45, 7) is 1.16. The largest absolute Gasteiger partial charge is 0.460 e. The third-order valence-electron chi connectivity index (χ3n) is 5.15. The standard InChI is InChI=1S/C16H17F15O2/c1-2-9(7-33-8-9)6-32-5-3-4-10(17,18)11(19,20)12(21,22)13(23,24)14(25,26)15(27,28)16(29,30)31/h2-8H2,1H3. The lowest BCUT2D eigenvalue weighted by molar-refractivity contribution is -0.452. The Hall–Kier alpha value is -1.13. The first kappa shape index (κ1) is 29.9. The van der Waals surface area contributed by atoms with E-state index in [0.717, 1.165) is 0 Å². The lowest BCUT2D eigenvalue weighted by atomic mass is 9.84. The normalized spacial score (nSPS) is 18.9. The van der Waals surface area contributed by atoms with Gasteiger partial charge in [0.25, 0.3) is 0 Å². The molecule has 198 valence electrons. The maximum absolute atomic E-state index is 13.7. The second-order valence-corrected chi connectivity index (χ2v) is 7.58. The third kappa shape index (κ3) is 4.72. The van der Waals surface area contributed by atoms with Gasteiger partial charge in [-0.15, -0.1) is 0 Å². The van der Waals surface area contributed by atoms with Crippen LogP contribution in [0.2, 0.25) is 0 Å². The van der Waals surface area contributed by atoms with Gasteiger partial charge in [-0.05, 0) is 12.8 Å². The van der Waals surface area contributed by atoms with Gasteiger partial charge in [-0.3, -0.25) is 0 Å². The summed E-state index contributed by atoms with van der Waals surface area (Å²) < 4.78 is 206. The van der Waals surface area contributed by atoms with Crippen LogP contribution in [0.1, 0.15) is 26.2 Å². The van der Waals surface area contributed by atoms with Gasteiger partial charge in [0.15, 0.2) is 0 Å². The average Bonchev–Trinajstić information content (AvgIpc) is 2.61. The molecule has 0 aromatic rings. The van der Waals surface area contributed by atoms with Crippen molar-refractivity contribution in [1.29, 1.82) is 0 Å². The van der Waals surface area contributed by atoms with E-state index in [1.807, 2.05) is 0 Å². The van der Waals surface area contributed by atoms with Gasteiger partial charge in [-0.2, -0.15) is 65.9 Å². The van der Waals surface area contributed by atoms with Gasteiger partial charge in [-0.25, -0.2) is 0 Å². The summed E-state index contributed by atoms with van der Waals surface area (Å²) in [6, 6.07) is 0. The minimum Gasteiger partial charge on any atom is -0.381 e. The summed E-state index contributed by atoms with van der Waals surface area (Å²) in [7, 11) is 0. The van der Waals surface area contributed by atoms with E-state index in [9.17, 15) is 65.9 Å². The summed E-state index contributed by atoms with van der Waals surface area (Å²) in [6.07, 6.45) is -10.7. The molecule has 0 unspecified atom stereocenters. The van der Waals surface area contributed by atoms with Gasteiger partial charge >= 0.3 is 41.7 Å². The number of hydrogen-bond acceptors (Lipinski definition) is 2. The Balaban J connectivity index is 3.01. The highest BCUT2D eigenvalue weighted by molar-refractivity contribution is 5.12. The third-order valence-corrected chi connectivity index (χ3v) is 5.15. The molecule has 0 bridgehead atoms. The molecule has 0 N–H and O–H groups in total. The summed E-state index contributed by atoms with van der Waals surface area (Å²) in [4.78, 5) is 0. The number of ether oxygens (including phenoxy) is 2. The molecule has 1 aliphatic rings. The van der Waals surface area contributed by atoms with E-state index in [0.29, 0.717) is 6.42 Å². The molecule has 2 nitrogen and oxygen atoms in total. The van der Waals surface area contributed by atoms with Crippen LogP contribution in [0.25, 0.3) is 0 Å². The van der Waals surface area contributed by atoms with Crippen molar-refractivity contribution in [3.05, 3.63) is 0 Å². The molecule has 0 amide bonds. The van der Waals surface area contributed by atoms with Gasteiger partial charge in [0, 0.05) is 18.4 Å². The van der Waals surface area contributed by atoms with Crippen LogP contribution in [-0.2, 0) is 9.47 Å². The molecular formula is C16H17F15O2.